The zero-order chi connectivity index (χ0) is 12.3. The Bertz CT molecular complexity index is 338. The van der Waals surface area contributed by atoms with Gasteiger partial charge in [-0.2, -0.15) is 12.6 Å². The van der Waals surface area contributed by atoms with Gasteiger partial charge in [0.15, 0.2) is 0 Å². The van der Waals surface area contributed by atoms with E-state index in [1.165, 1.54) is 43.2 Å². The van der Waals surface area contributed by atoms with E-state index in [-0.39, 0.29) is 5.37 Å². The summed E-state index contributed by atoms with van der Waals surface area (Å²) in [5.74, 6) is 0.801. The SMILES string of the molecule is CN(C)C(S)c1ccc(C2CCCCC2)cc1. The molecule has 0 aliphatic heterocycles. The molecule has 2 rings (SSSR count). The second-order valence-corrected chi connectivity index (χ2v) is 5.83. The number of thiol groups is 1. The van der Waals surface area contributed by atoms with Gasteiger partial charge in [0.25, 0.3) is 0 Å². The Morgan fingerprint density at radius 2 is 1.65 bits per heavy atom. The molecule has 1 fully saturated rings. The molecule has 1 aromatic carbocycles. The van der Waals surface area contributed by atoms with Crippen LogP contribution in [0.4, 0.5) is 0 Å². The van der Waals surface area contributed by atoms with Gasteiger partial charge >= 0.3 is 0 Å². The monoisotopic (exact) mass is 249 g/mol. The Morgan fingerprint density at radius 1 is 1.06 bits per heavy atom. The first-order valence-electron chi connectivity index (χ1n) is 6.63. The topological polar surface area (TPSA) is 3.24 Å². The summed E-state index contributed by atoms with van der Waals surface area (Å²) >= 11 is 4.60. The lowest BCUT2D eigenvalue weighted by atomic mass is 9.84. The summed E-state index contributed by atoms with van der Waals surface area (Å²) in [6.45, 7) is 0. The number of hydrogen-bond donors (Lipinski definition) is 1. The van der Waals surface area contributed by atoms with Crippen LogP contribution in [0.15, 0.2) is 24.3 Å². The van der Waals surface area contributed by atoms with Gasteiger partial charge in [0, 0.05) is 0 Å². The molecule has 1 aliphatic rings. The molecule has 1 saturated carbocycles. The minimum absolute atomic E-state index is 0.204. The molecule has 0 heterocycles. The van der Waals surface area contributed by atoms with Crippen LogP contribution >= 0.6 is 12.6 Å². The fraction of sp³-hybridized carbons (Fsp3) is 0.600. The third kappa shape index (κ3) is 3.26. The van der Waals surface area contributed by atoms with Crippen LogP contribution in [0.3, 0.4) is 0 Å². The molecule has 0 amide bonds. The molecule has 0 aromatic heterocycles. The summed E-state index contributed by atoms with van der Waals surface area (Å²) in [5.41, 5.74) is 2.81. The molecule has 1 atom stereocenters. The number of nitrogens with zero attached hydrogens (tertiary/aromatic N) is 1. The van der Waals surface area contributed by atoms with Crippen molar-refractivity contribution >= 4 is 12.6 Å². The molecule has 0 saturated heterocycles. The summed E-state index contributed by atoms with van der Waals surface area (Å²) in [6, 6.07) is 9.08. The van der Waals surface area contributed by atoms with Crippen LogP contribution < -0.4 is 0 Å². The smallest absolute Gasteiger partial charge is 0.0779 e. The summed E-state index contributed by atoms with van der Waals surface area (Å²) in [4.78, 5) is 2.12. The van der Waals surface area contributed by atoms with E-state index in [1.807, 2.05) is 0 Å². The number of rotatable bonds is 3. The van der Waals surface area contributed by atoms with Crippen molar-refractivity contribution in [2.24, 2.45) is 0 Å². The molecule has 1 aromatic rings. The third-order valence-electron chi connectivity index (χ3n) is 3.80. The normalized spacial score (nSPS) is 19.5. The van der Waals surface area contributed by atoms with Gasteiger partial charge in [-0.15, -0.1) is 0 Å². The number of hydrogen-bond acceptors (Lipinski definition) is 2. The molecule has 0 spiro atoms. The molecule has 1 aliphatic carbocycles. The second kappa shape index (κ2) is 5.92. The summed E-state index contributed by atoms with van der Waals surface area (Å²) in [7, 11) is 4.12. The van der Waals surface area contributed by atoms with Gasteiger partial charge in [0.05, 0.1) is 5.37 Å². The quantitative estimate of drug-likeness (QED) is 0.620. The molecule has 0 bridgehead atoms. The Kier molecular flexibility index (Phi) is 4.52. The molecule has 1 unspecified atom stereocenters. The Morgan fingerprint density at radius 3 is 2.18 bits per heavy atom. The fourth-order valence-electron chi connectivity index (χ4n) is 2.67. The van der Waals surface area contributed by atoms with E-state index < -0.39 is 0 Å². The van der Waals surface area contributed by atoms with Crippen LogP contribution in [0.25, 0.3) is 0 Å². The average molecular weight is 249 g/mol. The first kappa shape index (κ1) is 13.0. The molecule has 94 valence electrons. The van der Waals surface area contributed by atoms with Gasteiger partial charge < -0.3 is 0 Å². The largest absolute Gasteiger partial charge is 0.294 e. The number of benzene rings is 1. The minimum Gasteiger partial charge on any atom is -0.294 e. The maximum Gasteiger partial charge on any atom is 0.0779 e. The van der Waals surface area contributed by atoms with Gasteiger partial charge in [-0.3, -0.25) is 4.90 Å². The van der Waals surface area contributed by atoms with E-state index >= 15 is 0 Å². The Labute approximate surface area is 111 Å². The first-order chi connectivity index (χ1) is 8.18. The van der Waals surface area contributed by atoms with Crippen molar-refractivity contribution in [2.45, 2.75) is 43.4 Å². The lowest BCUT2D eigenvalue weighted by molar-refractivity contribution is 0.393. The van der Waals surface area contributed by atoms with Crippen LogP contribution in [0.5, 0.6) is 0 Å². The van der Waals surface area contributed by atoms with E-state index in [2.05, 4.69) is 55.9 Å². The van der Waals surface area contributed by atoms with Crippen molar-refractivity contribution in [2.75, 3.05) is 14.1 Å². The Balaban J connectivity index is 2.06. The van der Waals surface area contributed by atoms with Gasteiger partial charge in [0.1, 0.15) is 0 Å². The lowest BCUT2D eigenvalue weighted by Crippen LogP contribution is -2.14. The lowest BCUT2D eigenvalue weighted by Gasteiger charge is -2.23. The van der Waals surface area contributed by atoms with Crippen molar-refractivity contribution in [1.29, 1.82) is 0 Å². The van der Waals surface area contributed by atoms with E-state index in [0.29, 0.717) is 0 Å². The predicted molar refractivity (Wildman–Crippen MR) is 77.7 cm³/mol. The van der Waals surface area contributed by atoms with E-state index in [4.69, 9.17) is 0 Å². The van der Waals surface area contributed by atoms with E-state index in [0.717, 1.165) is 5.92 Å². The highest BCUT2D eigenvalue weighted by Gasteiger charge is 2.16. The molecule has 0 radical (unpaired) electrons. The standard InChI is InChI=1S/C15H23NS/c1-16(2)15(17)14-10-8-13(9-11-14)12-6-4-3-5-7-12/h8-12,15,17H,3-7H2,1-2H3. The first-order valence-corrected chi connectivity index (χ1v) is 7.14. The van der Waals surface area contributed by atoms with Gasteiger partial charge in [-0.1, -0.05) is 43.5 Å². The van der Waals surface area contributed by atoms with Crippen molar-refractivity contribution in [3.05, 3.63) is 35.4 Å². The highest BCUT2D eigenvalue weighted by Crippen LogP contribution is 2.33. The molecule has 1 nitrogen and oxygen atoms in total. The third-order valence-corrected chi connectivity index (χ3v) is 4.56. The molecular weight excluding hydrogens is 226 g/mol. The predicted octanol–water partition coefficient (Wildman–Crippen LogP) is 4.22. The van der Waals surface area contributed by atoms with Gasteiger partial charge in [0.2, 0.25) is 0 Å². The van der Waals surface area contributed by atoms with Gasteiger partial charge in [-0.25, -0.2) is 0 Å². The highest BCUT2D eigenvalue weighted by molar-refractivity contribution is 7.80. The molecule has 17 heavy (non-hydrogen) atoms. The second-order valence-electron chi connectivity index (χ2n) is 5.34. The Hall–Kier alpha value is -0.470. The summed E-state index contributed by atoms with van der Waals surface area (Å²) < 4.78 is 0. The van der Waals surface area contributed by atoms with Crippen molar-refractivity contribution in [1.82, 2.24) is 4.90 Å². The van der Waals surface area contributed by atoms with Crippen LogP contribution in [-0.4, -0.2) is 19.0 Å². The van der Waals surface area contributed by atoms with Crippen molar-refractivity contribution in [3.63, 3.8) is 0 Å². The summed E-state index contributed by atoms with van der Waals surface area (Å²) in [6.07, 6.45) is 6.97. The maximum absolute atomic E-state index is 4.60. The van der Waals surface area contributed by atoms with Crippen LogP contribution in [-0.2, 0) is 0 Å². The average Bonchev–Trinajstić information content (AvgIpc) is 2.39. The minimum atomic E-state index is 0.204. The van der Waals surface area contributed by atoms with Crippen LogP contribution in [0.2, 0.25) is 0 Å². The van der Waals surface area contributed by atoms with Crippen LogP contribution in [0.1, 0.15) is 54.5 Å². The molecule has 0 N–H and O–H groups in total. The van der Waals surface area contributed by atoms with Gasteiger partial charge in [-0.05, 0) is 44.0 Å². The van der Waals surface area contributed by atoms with E-state index in [9.17, 15) is 0 Å². The van der Waals surface area contributed by atoms with Crippen molar-refractivity contribution in [3.8, 4) is 0 Å². The molecule has 2 heteroatoms. The fourth-order valence-corrected chi connectivity index (χ4v) is 2.85. The summed E-state index contributed by atoms with van der Waals surface area (Å²) in [5, 5.41) is 0.204. The van der Waals surface area contributed by atoms with Crippen LogP contribution in [0, 0.1) is 0 Å². The maximum atomic E-state index is 4.60. The zero-order valence-corrected chi connectivity index (χ0v) is 11.8. The highest BCUT2D eigenvalue weighted by atomic mass is 32.1. The van der Waals surface area contributed by atoms with E-state index in [1.54, 1.807) is 0 Å². The zero-order valence-electron chi connectivity index (χ0n) is 10.9. The van der Waals surface area contributed by atoms with Crippen molar-refractivity contribution < 1.29 is 0 Å². The molecular formula is C15H23NS.